The summed E-state index contributed by atoms with van der Waals surface area (Å²) in [5.74, 6) is 0.634. The van der Waals surface area contributed by atoms with Gasteiger partial charge in [0.15, 0.2) is 6.10 Å². The molecule has 10 heteroatoms. The van der Waals surface area contributed by atoms with E-state index in [1.807, 2.05) is 0 Å². The zero-order valence-corrected chi connectivity index (χ0v) is 29.4. The molecule has 2 aliphatic carbocycles. The minimum Gasteiger partial charge on any atom is -0.392 e. The van der Waals surface area contributed by atoms with Gasteiger partial charge in [-0.1, -0.05) is 86.0 Å². The van der Waals surface area contributed by atoms with Crippen molar-refractivity contribution in [3.05, 3.63) is 0 Å². The monoisotopic (exact) mass is 741 g/mol. The van der Waals surface area contributed by atoms with Crippen LogP contribution in [0.2, 0.25) is 0 Å². The first-order valence-electron chi connectivity index (χ1n) is 15.2. The maximum Gasteiger partial charge on any atom is 0.414 e. The van der Waals surface area contributed by atoms with E-state index < -0.39 is 44.5 Å². The van der Waals surface area contributed by atoms with Crippen LogP contribution in [0, 0.1) is 54.8 Å². The zero-order valence-electron chi connectivity index (χ0n) is 25.2. The average molecular weight is 741 g/mol. The molecular formula is C29H57EuF3O4P2. The van der Waals surface area contributed by atoms with E-state index in [4.69, 9.17) is 5.11 Å². The Hall–Kier alpha value is 1.75. The largest absolute Gasteiger partial charge is 0.414 e. The molecule has 4 nitrogen and oxygen atoms in total. The third-order valence-electron chi connectivity index (χ3n) is 8.53. The predicted octanol–water partition coefficient (Wildman–Crippen LogP) is 9.64. The van der Waals surface area contributed by atoms with Crippen molar-refractivity contribution in [2.45, 2.75) is 161 Å². The molecule has 0 aromatic rings. The first-order chi connectivity index (χ1) is 17.6. The first-order valence-corrected chi connectivity index (χ1v) is 19.5. The van der Waals surface area contributed by atoms with E-state index in [-0.39, 0.29) is 49.4 Å². The fourth-order valence-corrected chi connectivity index (χ4v) is 17.1. The number of hydrogen-bond donors (Lipinski definition) is 2. The maximum atomic E-state index is 14.5. The van der Waals surface area contributed by atoms with E-state index in [0.29, 0.717) is 17.2 Å². The van der Waals surface area contributed by atoms with Crippen molar-refractivity contribution in [3.8, 4) is 0 Å². The Morgan fingerprint density at radius 1 is 0.744 bits per heavy atom. The van der Waals surface area contributed by atoms with E-state index >= 15 is 0 Å². The standard InChI is InChI=1S/C21H42O2P2.C8H15F3O2.Eu/c1-3-5-17-24(22,18-6-4-2)19-25(23,20-13-9-7-10-14-20)21-15-11-8-12-16-21;1-7(2,3)5(12)4-6(13)8(9,10)11;/h20-21H,3-19H2,1-2H3;5-6,12-13H,4H2,1-3H3;. The van der Waals surface area contributed by atoms with Crippen molar-refractivity contribution in [2.24, 2.45) is 5.41 Å². The second-order valence-electron chi connectivity index (χ2n) is 13.0. The summed E-state index contributed by atoms with van der Waals surface area (Å²) in [7, 11) is -4.61. The van der Waals surface area contributed by atoms with Crippen molar-refractivity contribution in [3.63, 3.8) is 0 Å². The maximum absolute atomic E-state index is 14.5. The van der Waals surface area contributed by atoms with Gasteiger partial charge < -0.3 is 19.3 Å². The smallest absolute Gasteiger partial charge is 0.392 e. The number of unbranched alkanes of at least 4 members (excludes halogenated alkanes) is 2. The molecule has 2 rings (SSSR count). The van der Waals surface area contributed by atoms with Crippen LogP contribution in [0.5, 0.6) is 0 Å². The van der Waals surface area contributed by atoms with E-state index in [0.717, 1.165) is 63.7 Å². The molecule has 1 radical (unpaired) electrons. The van der Waals surface area contributed by atoms with Gasteiger partial charge in [0.05, 0.1) is 19.1 Å². The van der Waals surface area contributed by atoms with Crippen LogP contribution in [0.3, 0.4) is 0 Å². The van der Waals surface area contributed by atoms with Crippen molar-refractivity contribution >= 4 is 14.3 Å². The summed E-state index contributed by atoms with van der Waals surface area (Å²) in [5, 5.41) is 17.9. The molecule has 235 valence electrons. The van der Waals surface area contributed by atoms with Gasteiger partial charge in [0.25, 0.3) is 0 Å². The van der Waals surface area contributed by atoms with Crippen molar-refractivity contribution in [1.82, 2.24) is 0 Å². The van der Waals surface area contributed by atoms with Gasteiger partial charge in [-0.05, 0) is 43.9 Å². The normalized spacial score (nSPS) is 19.9. The minimum absolute atomic E-state index is 0. The van der Waals surface area contributed by atoms with Crippen LogP contribution < -0.4 is 0 Å². The Bertz CT molecular complexity index is 694. The molecule has 2 fully saturated rings. The molecule has 0 saturated heterocycles. The fourth-order valence-electron chi connectivity index (χ4n) is 5.81. The second-order valence-corrected chi connectivity index (χ2v) is 20.3. The van der Waals surface area contributed by atoms with Crippen LogP contribution in [-0.4, -0.2) is 58.1 Å². The number of hydrogen-bond acceptors (Lipinski definition) is 4. The minimum atomic E-state index is -4.65. The van der Waals surface area contributed by atoms with Crippen molar-refractivity contribution in [2.75, 3.05) is 18.2 Å². The third-order valence-corrected chi connectivity index (χ3v) is 18.1. The molecule has 2 atom stereocenters. The molecule has 2 saturated carbocycles. The second kappa shape index (κ2) is 19.2. The van der Waals surface area contributed by atoms with Crippen molar-refractivity contribution in [1.29, 1.82) is 0 Å². The number of alkyl halides is 3. The number of halogens is 3. The van der Waals surface area contributed by atoms with E-state index in [9.17, 15) is 27.4 Å². The summed E-state index contributed by atoms with van der Waals surface area (Å²) in [4.78, 5) is 0. The molecule has 0 spiro atoms. The van der Waals surface area contributed by atoms with Crippen LogP contribution >= 0.6 is 14.3 Å². The molecule has 2 aliphatic rings. The zero-order chi connectivity index (χ0) is 29.0. The quantitative estimate of drug-likeness (QED) is 0.196. The first kappa shape index (κ1) is 40.8. The predicted molar refractivity (Wildman–Crippen MR) is 156 cm³/mol. The van der Waals surface area contributed by atoms with Gasteiger partial charge in [0.2, 0.25) is 0 Å². The molecule has 0 amide bonds. The average Bonchev–Trinajstić information content (AvgIpc) is 2.86. The van der Waals surface area contributed by atoms with Crippen LogP contribution in [0.25, 0.3) is 0 Å². The Kier molecular flexibility index (Phi) is 20.1. The van der Waals surface area contributed by atoms with E-state index in [2.05, 4.69) is 13.8 Å². The number of rotatable bonds is 12. The molecule has 0 bridgehead atoms. The van der Waals surface area contributed by atoms with Gasteiger partial charge in [-0.3, -0.25) is 0 Å². The molecule has 0 aliphatic heterocycles. The van der Waals surface area contributed by atoms with Gasteiger partial charge in [-0.2, -0.15) is 13.2 Å². The van der Waals surface area contributed by atoms with E-state index in [1.165, 1.54) is 38.5 Å². The van der Waals surface area contributed by atoms with Crippen LogP contribution in [0.1, 0.15) is 131 Å². The third kappa shape index (κ3) is 14.9. The van der Waals surface area contributed by atoms with Gasteiger partial charge in [-0.25, -0.2) is 0 Å². The van der Waals surface area contributed by atoms with Crippen LogP contribution in [-0.2, 0) is 9.13 Å². The molecule has 0 aromatic heterocycles. The number of aliphatic hydroxyl groups excluding tert-OH is 2. The summed E-state index contributed by atoms with van der Waals surface area (Å²) in [6.45, 7) is 9.21. The summed E-state index contributed by atoms with van der Waals surface area (Å²) in [5.41, 5.74) is 0.161. The Morgan fingerprint density at radius 2 is 1.13 bits per heavy atom. The van der Waals surface area contributed by atoms with Crippen LogP contribution in [0.4, 0.5) is 13.2 Å². The van der Waals surface area contributed by atoms with Crippen LogP contribution in [0.15, 0.2) is 0 Å². The molecule has 39 heavy (non-hydrogen) atoms. The van der Waals surface area contributed by atoms with Gasteiger partial charge >= 0.3 is 6.18 Å². The summed E-state index contributed by atoms with van der Waals surface area (Å²) >= 11 is 0. The Morgan fingerprint density at radius 3 is 1.44 bits per heavy atom. The SMILES string of the molecule is CC(C)(C)C(O)CC(O)C(F)(F)F.CCCCP(=O)(CCCC)CP(=O)(C1CCCCC1)C1CCCCC1.[Eu]. The fraction of sp³-hybridized carbons (Fsp3) is 1.00. The summed E-state index contributed by atoms with van der Waals surface area (Å²) < 4.78 is 63.9. The van der Waals surface area contributed by atoms with E-state index in [1.54, 1.807) is 20.8 Å². The molecule has 2 N–H and O–H groups in total. The molecule has 2 unspecified atom stereocenters. The Balaban J connectivity index is 0.000000881. The number of aliphatic hydroxyl groups is 2. The summed E-state index contributed by atoms with van der Waals surface area (Å²) in [6, 6.07) is 0. The van der Waals surface area contributed by atoms with Gasteiger partial charge in [0, 0.05) is 79.4 Å². The molecule has 0 heterocycles. The topological polar surface area (TPSA) is 74.6 Å². The van der Waals surface area contributed by atoms with Gasteiger partial charge in [0.1, 0.15) is 7.14 Å². The molecule has 0 aromatic carbocycles. The summed E-state index contributed by atoms with van der Waals surface area (Å²) in [6.07, 6.45) is 9.29. The Labute approximate surface area is 278 Å². The van der Waals surface area contributed by atoms with Crippen molar-refractivity contribution < 1.29 is 81.9 Å². The molecular weight excluding hydrogens is 683 g/mol. The van der Waals surface area contributed by atoms with Gasteiger partial charge in [-0.15, -0.1) is 0 Å².